The lowest BCUT2D eigenvalue weighted by molar-refractivity contribution is -0.146. The number of carbonyl (C=O) groups excluding carboxylic acids is 1. The van der Waals surface area contributed by atoms with E-state index in [9.17, 15) is 9.59 Å². The zero-order valence-corrected chi connectivity index (χ0v) is 13.0. The number of amides is 1. The maximum atomic E-state index is 12.3. The molecule has 2 unspecified atom stereocenters. The van der Waals surface area contributed by atoms with Crippen LogP contribution in [-0.4, -0.2) is 72.7 Å². The molecule has 0 radical (unpaired) electrons. The fourth-order valence-corrected chi connectivity index (χ4v) is 3.22. The molecule has 0 aromatic rings. The van der Waals surface area contributed by atoms with Crippen molar-refractivity contribution in [3.63, 3.8) is 0 Å². The largest absolute Gasteiger partial charge is 0.481 e. The van der Waals surface area contributed by atoms with Crippen molar-refractivity contribution in [3.05, 3.63) is 0 Å². The minimum Gasteiger partial charge on any atom is -0.481 e. The van der Waals surface area contributed by atoms with Crippen molar-refractivity contribution in [2.75, 3.05) is 39.8 Å². The highest BCUT2D eigenvalue weighted by atomic mass is 16.5. The van der Waals surface area contributed by atoms with E-state index in [1.807, 2.05) is 0 Å². The van der Waals surface area contributed by atoms with Crippen LogP contribution < -0.4 is 0 Å². The highest BCUT2D eigenvalue weighted by molar-refractivity contribution is 5.79. The number of carbonyl (C=O) groups is 2. The highest BCUT2D eigenvalue weighted by Gasteiger charge is 2.30. The van der Waals surface area contributed by atoms with Gasteiger partial charge in [-0.25, -0.2) is 0 Å². The van der Waals surface area contributed by atoms with Crippen LogP contribution in [0.4, 0.5) is 0 Å². The summed E-state index contributed by atoms with van der Waals surface area (Å²) in [4.78, 5) is 27.2. The molecule has 0 bridgehead atoms. The van der Waals surface area contributed by atoms with Gasteiger partial charge in [-0.1, -0.05) is 6.92 Å². The van der Waals surface area contributed by atoms with Gasteiger partial charge in [0, 0.05) is 26.7 Å². The SMILES string of the molecule is COC1CN(CC(=O)N2CCC(C(=O)O)CC2)CCC1C. The number of likely N-dealkylation sites (tertiary alicyclic amines) is 2. The lowest BCUT2D eigenvalue weighted by Crippen LogP contribution is -2.50. The Kier molecular flexibility index (Phi) is 5.58. The summed E-state index contributed by atoms with van der Waals surface area (Å²) < 4.78 is 5.47. The molecular weight excluding hydrogens is 272 g/mol. The third kappa shape index (κ3) is 4.17. The Balaban J connectivity index is 1.78. The third-order valence-corrected chi connectivity index (χ3v) is 4.83. The Labute approximate surface area is 126 Å². The number of hydrogen-bond donors (Lipinski definition) is 1. The van der Waals surface area contributed by atoms with Crippen molar-refractivity contribution in [1.82, 2.24) is 9.80 Å². The molecule has 120 valence electrons. The molecule has 6 nitrogen and oxygen atoms in total. The van der Waals surface area contributed by atoms with Crippen LogP contribution >= 0.6 is 0 Å². The molecule has 2 fully saturated rings. The number of carboxylic acids is 1. The number of ether oxygens (including phenoxy) is 1. The third-order valence-electron chi connectivity index (χ3n) is 4.83. The second kappa shape index (κ2) is 7.22. The van der Waals surface area contributed by atoms with Crippen molar-refractivity contribution in [2.24, 2.45) is 11.8 Å². The van der Waals surface area contributed by atoms with Crippen LogP contribution in [0.3, 0.4) is 0 Å². The number of nitrogens with zero attached hydrogens (tertiary/aromatic N) is 2. The van der Waals surface area contributed by atoms with Gasteiger partial charge in [-0.15, -0.1) is 0 Å². The van der Waals surface area contributed by atoms with Gasteiger partial charge in [0.25, 0.3) is 0 Å². The molecule has 2 rings (SSSR count). The first-order valence-electron chi connectivity index (χ1n) is 7.77. The molecule has 0 aliphatic carbocycles. The first-order valence-corrected chi connectivity index (χ1v) is 7.77. The van der Waals surface area contributed by atoms with E-state index in [1.54, 1.807) is 12.0 Å². The molecule has 21 heavy (non-hydrogen) atoms. The maximum absolute atomic E-state index is 12.3. The first-order chi connectivity index (χ1) is 10.0. The van der Waals surface area contributed by atoms with E-state index in [-0.39, 0.29) is 17.9 Å². The number of piperidine rings is 2. The molecular formula is C15H26N2O4. The molecule has 0 aromatic carbocycles. The van der Waals surface area contributed by atoms with Crippen LogP contribution in [0.1, 0.15) is 26.2 Å². The molecule has 2 aliphatic rings. The van der Waals surface area contributed by atoms with Crippen LogP contribution in [-0.2, 0) is 14.3 Å². The zero-order valence-electron chi connectivity index (χ0n) is 13.0. The molecule has 2 heterocycles. The topological polar surface area (TPSA) is 70.1 Å². The summed E-state index contributed by atoms with van der Waals surface area (Å²) in [7, 11) is 1.73. The number of carboxylic acid groups (broad SMARTS) is 1. The van der Waals surface area contributed by atoms with E-state index < -0.39 is 5.97 Å². The summed E-state index contributed by atoms with van der Waals surface area (Å²) in [6.45, 7) is 5.46. The Hall–Kier alpha value is -1.14. The second-order valence-electron chi connectivity index (χ2n) is 6.27. The summed E-state index contributed by atoms with van der Waals surface area (Å²) in [6.07, 6.45) is 2.38. The van der Waals surface area contributed by atoms with Gasteiger partial charge in [0.1, 0.15) is 0 Å². The summed E-state index contributed by atoms with van der Waals surface area (Å²) >= 11 is 0. The van der Waals surface area contributed by atoms with E-state index in [1.165, 1.54) is 0 Å². The van der Waals surface area contributed by atoms with Gasteiger partial charge in [-0.05, 0) is 31.7 Å². The van der Waals surface area contributed by atoms with E-state index in [0.717, 1.165) is 19.5 Å². The Morgan fingerprint density at radius 1 is 1.19 bits per heavy atom. The van der Waals surface area contributed by atoms with Crippen molar-refractivity contribution in [3.8, 4) is 0 Å². The molecule has 1 N–H and O–H groups in total. The Morgan fingerprint density at radius 2 is 1.86 bits per heavy atom. The Morgan fingerprint density at radius 3 is 2.43 bits per heavy atom. The number of rotatable bonds is 4. The van der Waals surface area contributed by atoms with Crippen LogP contribution in [0.2, 0.25) is 0 Å². The fourth-order valence-electron chi connectivity index (χ4n) is 3.22. The Bertz CT molecular complexity index is 380. The average molecular weight is 298 g/mol. The average Bonchev–Trinajstić information content (AvgIpc) is 2.49. The molecule has 2 saturated heterocycles. The maximum Gasteiger partial charge on any atom is 0.306 e. The van der Waals surface area contributed by atoms with Gasteiger partial charge in [-0.2, -0.15) is 0 Å². The summed E-state index contributed by atoms with van der Waals surface area (Å²) in [5, 5.41) is 8.98. The summed E-state index contributed by atoms with van der Waals surface area (Å²) in [6, 6.07) is 0. The summed E-state index contributed by atoms with van der Waals surface area (Å²) in [5.41, 5.74) is 0. The predicted molar refractivity (Wildman–Crippen MR) is 78.0 cm³/mol. The number of methoxy groups -OCH3 is 1. The minimum absolute atomic E-state index is 0.114. The van der Waals surface area contributed by atoms with Gasteiger partial charge >= 0.3 is 5.97 Å². The number of hydrogen-bond acceptors (Lipinski definition) is 4. The monoisotopic (exact) mass is 298 g/mol. The van der Waals surface area contributed by atoms with Gasteiger partial charge in [0.15, 0.2) is 0 Å². The van der Waals surface area contributed by atoms with Crippen molar-refractivity contribution in [1.29, 1.82) is 0 Å². The van der Waals surface area contributed by atoms with Crippen molar-refractivity contribution in [2.45, 2.75) is 32.3 Å². The molecule has 2 atom stereocenters. The van der Waals surface area contributed by atoms with E-state index in [4.69, 9.17) is 9.84 Å². The molecule has 2 aliphatic heterocycles. The van der Waals surface area contributed by atoms with Crippen LogP contribution in [0.15, 0.2) is 0 Å². The zero-order chi connectivity index (χ0) is 15.4. The first kappa shape index (κ1) is 16.2. The summed E-state index contributed by atoms with van der Waals surface area (Å²) in [5.74, 6) is -0.381. The molecule has 0 aromatic heterocycles. The smallest absolute Gasteiger partial charge is 0.306 e. The van der Waals surface area contributed by atoms with Gasteiger partial charge in [0.05, 0.1) is 18.6 Å². The van der Waals surface area contributed by atoms with E-state index in [0.29, 0.717) is 38.4 Å². The lowest BCUT2D eigenvalue weighted by atomic mass is 9.95. The molecule has 0 saturated carbocycles. The highest BCUT2D eigenvalue weighted by Crippen LogP contribution is 2.21. The van der Waals surface area contributed by atoms with E-state index >= 15 is 0 Å². The standard InChI is InChI=1S/C15H26N2O4/c1-11-3-6-16(9-13(11)21-2)10-14(18)17-7-4-12(5-8-17)15(19)20/h11-13H,3-10H2,1-2H3,(H,19,20). The minimum atomic E-state index is -0.741. The lowest BCUT2D eigenvalue weighted by Gasteiger charge is -2.37. The molecule has 1 amide bonds. The predicted octanol–water partition coefficient (Wildman–Crippen LogP) is 0.666. The normalized spacial score (nSPS) is 28.6. The van der Waals surface area contributed by atoms with Gasteiger partial charge in [-0.3, -0.25) is 14.5 Å². The van der Waals surface area contributed by atoms with Gasteiger partial charge in [0.2, 0.25) is 5.91 Å². The van der Waals surface area contributed by atoms with Crippen LogP contribution in [0, 0.1) is 11.8 Å². The molecule has 0 spiro atoms. The fraction of sp³-hybridized carbons (Fsp3) is 0.867. The van der Waals surface area contributed by atoms with Crippen molar-refractivity contribution >= 4 is 11.9 Å². The van der Waals surface area contributed by atoms with Crippen LogP contribution in [0.25, 0.3) is 0 Å². The quantitative estimate of drug-likeness (QED) is 0.826. The van der Waals surface area contributed by atoms with E-state index in [2.05, 4.69) is 11.8 Å². The number of aliphatic carboxylic acids is 1. The van der Waals surface area contributed by atoms with Crippen molar-refractivity contribution < 1.29 is 19.4 Å². The molecule has 6 heteroatoms. The van der Waals surface area contributed by atoms with Crippen LogP contribution in [0.5, 0.6) is 0 Å². The van der Waals surface area contributed by atoms with Gasteiger partial charge < -0.3 is 14.7 Å². The second-order valence-corrected chi connectivity index (χ2v) is 6.27.